The first-order valence-corrected chi connectivity index (χ1v) is 18.2. The Kier molecular flexibility index (Phi) is 32.8. The Morgan fingerprint density at radius 1 is 0.512 bits per heavy atom. The highest BCUT2D eigenvalue weighted by molar-refractivity contribution is 5.69. The summed E-state index contributed by atoms with van der Waals surface area (Å²) in [5, 5.41) is 9.67. The van der Waals surface area contributed by atoms with Gasteiger partial charge < -0.3 is 24.1 Å². The van der Waals surface area contributed by atoms with Crippen LogP contribution in [0.25, 0.3) is 0 Å². The SMILES string of the molecule is CCCCCCCCCCCC(=O)OC[C@H](CO)COC(=O)CCC(OCCCCCCCC)OCCCCCCCC. The number of hydrogen-bond donors (Lipinski definition) is 1. The van der Waals surface area contributed by atoms with Crippen molar-refractivity contribution in [3.63, 3.8) is 0 Å². The molecular formula is C36H70O7. The first-order chi connectivity index (χ1) is 21.1. The predicted octanol–water partition coefficient (Wildman–Crippen LogP) is 9.46. The van der Waals surface area contributed by atoms with Crippen molar-refractivity contribution >= 4 is 11.9 Å². The average Bonchev–Trinajstić information content (AvgIpc) is 3.01. The van der Waals surface area contributed by atoms with Crippen molar-refractivity contribution in [1.29, 1.82) is 0 Å². The van der Waals surface area contributed by atoms with Gasteiger partial charge in [0.25, 0.3) is 0 Å². The van der Waals surface area contributed by atoms with Crippen molar-refractivity contribution in [2.45, 2.75) is 181 Å². The maximum Gasteiger partial charge on any atom is 0.305 e. The Morgan fingerprint density at radius 2 is 0.884 bits per heavy atom. The first kappa shape index (κ1) is 41.8. The molecular weight excluding hydrogens is 544 g/mol. The number of esters is 2. The van der Waals surface area contributed by atoms with Crippen LogP contribution in [0.1, 0.15) is 175 Å². The van der Waals surface area contributed by atoms with E-state index in [2.05, 4.69) is 20.8 Å². The van der Waals surface area contributed by atoms with E-state index in [1.54, 1.807) is 0 Å². The van der Waals surface area contributed by atoms with Gasteiger partial charge >= 0.3 is 11.9 Å². The lowest BCUT2D eigenvalue weighted by Gasteiger charge is -2.19. The fraction of sp³-hybridized carbons (Fsp3) is 0.944. The molecule has 0 saturated carbocycles. The maximum absolute atomic E-state index is 12.4. The Balaban J connectivity index is 4.19. The standard InChI is InChI=1S/C36H70O7/c1-4-7-10-13-16-17-18-19-22-25-34(38)42-31-33(30-37)32-43-35(39)26-27-36(40-28-23-20-14-11-8-5-2)41-29-24-21-15-12-9-6-3/h33,36-37H,4-32H2,1-3H3/t33-/m0/s1. The fourth-order valence-corrected chi connectivity index (χ4v) is 4.94. The summed E-state index contributed by atoms with van der Waals surface area (Å²) in [6, 6.07) is 0. The van der Waals surface area contributed by atoms with Crippen molar-refractivity contribution in [2.75, 3.05) is 33.0 Å². The molecule has 7 heteroatoms. The molecule has 0 heterocycles. The zero-order chi connectivity index (χ0) is 31.6. The van der Waals surface area contributed by atoms with E-state index in [4.69, 9.17) is 18.9 Å². The van der Waals surface area contributed by atoms with E-state index in [-0.39, 0.29) is 38.2 Å². The quantitative estimate of drug-likeness (QED) is 0.0438. The summed E-state index contributed by atoms with van der Waals surface area (Å²) >= 11 is 0. The summed E-state index contributed by atoms with van der Waals surface area (Å²) < 4.78 is 22.7. The number of aliphatic hydroxyl groups is 1. The van der Waals surface area contributed by atoms with Gasteiger partial charge in [0.2, 0.25) is 0 Å². The van der Waals surface area contributed by atoms with E-state index in [1.165, 1.54) is 89.9 Å². The van der Waals surface area contributed by atoms with Crippen LogP contribution < -0.4 is 0 Å². The van der Waals surface area contributed by atoms with Gasteiger partial charge in [0.15, 0.2) is 6.29 Å². The Morgan fingerprint density at radius 3 is 1.30 bits per heavy atom. The van der Waals surface area contributed by atoms with E-state index >= 15 is 0 Å². The summed E-state index contributed by atoms with van der Waals surface area (Å²) in [6.07, 6.45) is 25.7. The highest BCUT2D eigenvalue weighted by atomic mass is 16.7. The molecule has 0 unspecified atom stereocenters. The molecule has 0 aromatic heterocycles. The third-order valence-electron chi connectivity index (χ3n) is 7.89. The Bertz CT molecular complexity index is 580. The smallest absolute Gasteiger partial charge is 0.305 e. The van der Waals surface area contributed by atoms with Crippen molar-refractivity contribution in [3.05, 3.63) is 0 Å². The summed E-state index contributed by atoms with van der Waals surface area (Å²) in [5.74, 6) is -1.02. The molecule has 0 saturated heterocycles. The highest BCUT2D eigenvalue weighted by Crippen LogP contribution is 2.13. The van der Waals surface area contributed by atoms with Gasteiger partial charge in [-0.05, 0) is 19.3 Å². The first-order valence-electron chi connectivity index (χ1n) is 18.2. The molecule has 0 aromatic rings. The van der Waals surface area contributed by atoms with E-state index in [9.17, 15) is 14.7 Å². The molecule has 1 N–H and O–H groups in total. The molecule has 0 fully saturated rings. The molecule has 0 aliphatic carbocycles. The van der Waals surface area contributed by atoms with Crippen LogP contribution in [0.4, 0.5) is 0 Å². The lowest BCUT2D eigenvalue weighted by Crippen LogP contribution is -2.25. The number of aliphatic hydroxyl groups excluding tert-OH is 1. The molecule has 0 aliphatic heterocycles. The second kappa shape index (κ2) is 33.7. The molecule has 7 nitrogen and oxygen atoms in total. The highest BCUT2D eigenvalue weighted by Gasteiger charge is 2.17. The normalized spacial score (nSPS) is 12.1. The van der Waals surface area contributed by atoms with Crippen LogP contribution >= 0.6 is 0 Å². The van der Waals surface area contributed by atoms with E-state index in [0.717, 1.165) is 44.9 Å². The second-order valence-corrected chi connectivity index (χ2v) is 12.2. The number of rotatable bonds is 34. The summed E-state index contributed by atoms with van der Waals surface area (Å²) in [7, 11) is 0. The van der Waals surface area contributed by atoms with E-state index < -0.39 is 12.2 Å². The van der Waals surface area contributed by atoms with Crippen LogP contribution in [0.15, 0.2) is 0 Å². The molecule has 0 spiro atoms. The van der Waals surface area contributed by atoms with E-state index in [0.29, 0.717) is 26.1 Å². The number of carbonyl (C=O) groups excluding carboxylic acids is 2. The Labute approximate surface area is 265 Å². The van der Waals surface area contributed by atoms with Crippen LogP contribution in [0.2, 0.25) is 0 Å². The van der Waals surface area contributed by atoms with Gasteiger partial charge in [-0.3, -0.25) is 9.59 Å². The van der Waals surface area contributed by atoms with Gasteiger partial charge in [-0.15, -0.1) is 0 Å². The molecule has 0 aliphatic rings. The zero-order valence-corrected chi connectivity index (χ0v) is 28.6. The molecule has 256 valence electrons. The minimum absolute atomic E-state index is 0.0303. The second-order valence-electron chi connectivity index (χ2n) is 12.2. The molecule has 43 heavy (non-hydrogen) atoms. The van der Waals surface area contributed by atoms with E-state index in [1.807, 2.05) is 0 Å². The third kappa shape index (κ3) is 30.6. The van der Waals surface area contributed by atoms with Gasteiger partial charge in [0.05, 0.1) is 32.2 Å². The van der Waals surface area contributed by atoms with Gasteiger partial charge in [-0.1, -0.05) is 136 Å². The topological polar surface area (TPSA) is 91.3 Å². The maximum atomic E-state index is 12.4. The molecule has 0 rings (SSSR count). The minimum atomic E-state index is -0.417. The third-order valence-corrected chi connectivity index (χ3v) is 7.89. The number of hydrogen-bond acceptors (Lipinski definition) is 7. The van der Waals surface area contributed by atoms with Crippen LogP contribution in [-0.4, -0.2) is 56.4 Å². The number of ether oxygens (including phenoxy) is 4. The largest absolute Gasteiger partial charge is 0.465 e. The van der Waals surface area contributed by atoms with Gasteiger partial charge in [-0.25, -0.2) is 0 Å². The fourth-order valence-electron chi connectivity index (χ4n) is 4.94. The van der Waals surface area contributed by atoms with Gasteiger partial charge in [0.1, 0.15) is 0 Å². The van der Waals surface area contributed by atoms with Crippen LogP contribution in [0.5, 0.6) is 0 Å². The monoisotopic (exact) mass is 615 g/mol. The lowest BCUT2D eigenvalue weighted by molar-refractivity contribution is -0.161. The summed E-state index contributed by atoms with van der Waals surface area (Å²) in [4.78, 5) is 24.5. The average molecular weight is 615 g/mol. The molecule has 0 radical (unpaired) electrons. The summed E-state index contributed by atoms with van der Waals surface area (Å²) in [5.41, 5.74) is 0. The van der Waals surface area contributed by atoms with Crippen molar-refractivity contribution in [2.24, 2.45) is 5.92 Å². The molecule has 0 amide bonds. The van der Waals surface area contributed by atoms with Crippen LogP contribution in [0.3, 0.4) is 0 Å². The predicted molar refractivity (Wildman–Crippen MR) is 176 cm³/mol. The minimum Gasteiger partial charge on any atom is -0.465 e. The van der Waals surface area contributed by atoms with Gasteiger partial charge in [0, 0.05) is 26.1 Å². The molecule has 0 aromatic carbocycles. The summed E-state index contributed by atoms with van der Waals surface area (Å²) in [6.45, 7) is 7.83. The lowest BCUT2D eigenvalue weighted by atomic mass is 10.1. The van der Waals surface area contributed by atoms with Crippen molar-refractivity contribution in [1.82, 2.24) is 0 Å². The van der Waals surface area contributed by atoms with Crippen LogP contribution in [0, 0.1) is 5.92 Å². The van der Waals surface area contributed by atoms with Crippen molar-refractivity contribution in [3.8, 4) is 0 Å². The van der Waals surface area contributed by atoms with Crippen molar-refractivity contribution < 1.29 is 33.6 Å². The zero-order valence-electron chi connectivity index (χ0n) is 28.6. The van der Waals surface area contributed by atoms with Gasteiger partial charge in [-0.2, -0.15) is 0 Å². The Hall–Kier alpha value is -1.18. The molecule has 1 atom stereocenters. The number of carbonyl (C=O) groups is 2. The number of unbranched alkanes of at least 4 members (excludes halogenated alkanes) is 18. The molecule has 0 bridgehead atoms. The van der Waals surface area contributed by atoms with Crippen LogP contribution in [-0.2, 0) is 28.5 Å².